The highest BCUT2D eigenvalue weighted by Gasteiger charge is 2.33. The van der Waals surface area contributed by atoms with Crippen molar-refractivity contribution in [2.24, 2.45) is 11.8 Å². The quantitative estimate of drug-likeness (QED) is 0.536. The smallest absolute Gasteiger partial charge is 0.160 e. The minimum atomic E-state index is -0.192. The molecule has 0 saturated heterocycles. The van der Waals surface area contributed by atoms with E-state index in [-0.39, 0.29) is 24.4 Å². The van der Waals surface area contributed by atoms with E-state index in [4.69, 9.17) is 18.9 Å². The van der Waals surface area contributed by atoms with Crippen LogP contribution in [-0.2, 0) is 18.9 Å². The Hall–Kier alpha value is -0.160. The lowest BCUT2D eigenvalue weighted by Crippen LogP contribution is -2.39. The molecule has 0 aromatic heterocycles. The average Bonchev–Trinajstić information content (AvgIpc) is 2.40. The fraction of sp³-hybridized carbons (Fsp3) is 1.00. The summed E-state index contributed by atoms with van der Waals surface area (Å²) in [5.74, 6) is 0.549. The summed E-state index contributed by atoms with van der Waals surface area (Å²) in [5.41, 5.74) is 0. The van der Waals surface area contributed by atoms with E-state index in [1.165, 1.54) is 0 Å². The number of ether oxygens (including phenoxy) is 4. The fourth-order valence-corrected chi connectivity index (χ4v) is 2.46. The Labute approximate surface area is 112 Å². The van der Waals surface area contributed by atoms with Gasteiger partial charge >= 0.3 is 0 Å². The average molecular weight is 262 g/mol. The summed E-state index contributed by atoms with van der Waals surface area (Å²) in [5, 5.41) is 0. The minimum absolute atomic E-state index is 0.192. The summed E-state index contributed by atoms with van der Waals surface area (Å²) < 4.78 is 22.3. The van der Waals surface area contributed by atoms with Gasteiger partial charge in [-0.1, -0.05) is 13.8 Å². The van der Waals surface area contributed by atoms with Gasteiger partial charge in [0, 0.05) is 39.3 Å². The van der Waals surface area contributed by atoms with Crippen LogP contribution in [0.1, 0.15) is 40.5 Å². The molecule has 0 aliphatic heterocycles. The van der Waals surface area contributed by atoms with Crippen LogP contribution in [0.2, 0.25) is 0 Å². The minimum Gasteiger partial charge on any atom is -0.356 e. The topological polar surface area (TPSA) is 36.9 Å². The van der Waals surface area contributed by atoms with Crippen LogP contribution in [0.4, 0.5) is 0 Å². The van der Waals surface area contributed by atoms with E-state index < -0.39 is 0 Å². The van der Waals surface area contributed by atoms with Crippen molar-refractivity contribution in [1.29, 1.82) is 0 Å². The van der Waals surface area contributed by atoms with Crippen molar-refractivity contribution in [1.82, 2.24) is 0 Å². The number of methoxy groups -OCH3 is 2. The Morgan fingerprint density at radius 2 is 1.00 bits per heavy atom. The number of hydrogen-bond acceptors (Lipinski definition) is 4. The van der Waals surface area contributed by atoms with Gasteiger partial charge in [-0.2, -0.15) is 0 Å². The van der Waals surface area contributed by atoms with Crippen LogP contribution in [-0.4, -0.2) is 40.0 Å². The lowest BCUT2D eigenvalue weighted by atomic mass is 9.86. The molecular weight excluding hydrogens is 232 g/mol. The van der Waals surface area contributed by atoms with Crippen molar-refractivity contribution in [3.8, 4) is 0 Å². The van der Waals surface area contributed by atoms with Gasteiger partial charge in [-0.15, -0.1) is 0 Å². The van der Waals surface area contributed by atoms with E-state index >= 15 is 0 Å². The largest absolute Gasteiger partial charge is 0.356 e. The molecule has 0 radical (unpaired) electrons. The predicted octanol–water partition coefficient (Wildman–Crippen LogP) is 3.06. The molecule has 0 N–H and O–H groups in total. The molecule has 110 valence electrons. The van der Waals surface area contributed by atoms with Crippen LogP contribution in [0.5, 0.6) is 0 Å². The summed E-state index contributed by atoms with van der Waals surface area (Å²) in [6, 6.07) is 0. The van der Waals surface area contributed by atoms with Crippen LogP contribution >= 0.6 is 0 Å². The standard InChI is InChI=1S/C14H30O4/c1-7-11(13(15-5)17-9-3)12(8-2)14(16-6)18-10-4/h11-14H,7-10H2,1-6H3. The van der Waals surface area contributed by atoms with Gasteiger partial charge in [0.15, 0.2) is 12.6 Å². The molecule has 0 aromatic carbocycles. The summed E-state index contributed by atoms with van der Waals surface area (Å²) >= 11 is 0. The molecule has 4 heteroatoms. The third kappa shape index (κ3) is 5.22. The monoisotopic (exact) mass is 262 g/mol. The van der Waals surface area contributed by atoms with Gasteiger partial charge in [0.25, 0.3) is 0 Å². The molecule has 0 aliphatic carbocycles. The first-order valence-electron chi connectivity index (χ1n) is 6.98. The third-order valence-corrected chi connectivity index (χ3v) is 3.32. The maximum atomic E-state index is 5.67. The molecule has 0 rings (SSSR count). The zero-order chi connectivity index (χ0) is 14.0. The van der Waals surface area contributed by atoms with E-state index in [0.29, 0.717) is 13.2 Å². The molecule has 18 heavy (non-hydrogen) atoms. The zero-order valence-electron chi connectivity index (χ0n) is 12.8. The van der Waals surface area contributed by atoms with Crippen molar-refractivity contribution in [2.45, 2.75) is 53.1 Å². The van der Waals surface area contributed by atoms with Crippen LogP contribution in [0.15, 0.2) is 0 Å². The Morgan fingerprint density at radius 1 is 0.667 bits per heavy atom. The molecule has 0 amide bonds. The van der Waals surface area contributed by atoms with E-state index in [2.05, 4.69) is 13.8 Å². The second-order valence-corrected chi connectivity index (χ2v) is 4.26. The Balaban J connectivity index is 4.81. The highest BCUT2D eigenvalue weighted by atomic mass is 16.7. The molecule has 0 fully saturated rings. The normalized spacial score (nSPS) is 18.3. The van der Waals surface area contributed by atoms with E-state index in [9.17, 15) is 0 Å². The molecule has 0 aromatic rings. The van der Waals surface area contributed by atoms with Crippen LogP contribution < -0.4 is 0 Å². The first-order chi connectivity index (χ1) is 8.69. The Morgan fingerprint density at radius 3 is 1.17 bits per heavy atom. The highest BCUT2D eigenvalue weighted by molar-refractivity contribution is 4.74. The summed E-state index contributed by atoms with van der Waals surface area (Å²) in [6.45, 7) is 9.57. The molecule has 0 heterocycles. The SMILES string of the molecule is CCOC(OC)C(CC)C(CC)C(OC)OCC. The van der Waals surface area contributed by atoms with Gasteiger partial charge in [0.05, 0.1) is 0 Å². The van der Waals surface area contributed by atoms with Gasteiger partial charge in [0.1, 0.15) is 0 Å². The maximum absolute atomic E-state index is 5.67. The highest BCUT2D eigenvalue weighted by Crippen LogP contribution is 2.30. The van der Waals surface area contributed by atoms with Crippen molar-refractivity contribution in [2.75, 3.05) is 27.4 Å². The lowest BCUT2D eigenvalue weighted by Gasteiger charge is -2.35. The van der Waals surface area contributed by atoms with Crippen molar-refractivity contribution >= 4 is 0 Å². The zero-order valence-corrected chi connectivity index (χ0v) is 12.8. The first-order valence-corrected chi connectivity index (χ1v) is 6.98. The van der Waals surface area contributed by atoms with Crippen molar-refractivity contribution in [3.63, 3.8) is 0 Å². The molecule has 0 saturated carbocycles. The van der Waals surface area contributed by atoms with Gasteiger partial charge in [-0.25, -0.2) is 0 Å². The van der Waals surface area contributed by atoms with Crippen molar-refractivity contribution in [3.05, 3.63) is 0 Å². The predicted molar refractivity (Wildman–Crippen MR) is 72.4 cm³/mol. The van der Waals surface area contributed by atoms with Crippen LogP contribution in [0, 0.1) is 11.8 Å². The molecule has 0 bridgehead atoms. The second-order valence-electron chi connectivity index (χ2n) is 4.26. The molecule has 0 aliphatic rings. The van der Waals surface area contributed by atoms with Gasteiger partial charge in [0.2, 0.25) is 0 Å². The first kappa shape index (κ1) is 17.8. The summed E-state index contributed by atoms with van der Waals surface area (Å²) in [7, 11) is 3.39. The van der Waals surface area contributed by atoms with Gasteiger partial charge < -0.3 is 18.9 Å². The maximum Gasteiger partial charge on any atom is 0.160 e. The Bertz CT molecular complexity index is 167. The molecular formula is C14H30O4. The summed E-state index contributed by atoms with van der Waals surface area (Å²) in [6.07, 6.45) is 1.57. The van der Waals surface area contributed by atoms with E-state index in [0.717, 1.165) is 12.8 Å². The molecule has 4 unspecified atom stereocenters. The molecule has 0 spiro atoms. The lowest BCUT2D eigenvalue weighted by molar-refractivity contribution is -0.215. The number of rotatable bonds is 11. The third-order valence-electron chi connectivity index (χ3n) is 3.32. The molecule has 4 nitrogen and oxygen atoms in total. The van der Waals surface area contributed by atoms with E-state index in [1.54, 1.807) is 14.2 Å². The second kappa shape index (κ2) is 10.7. The van der Waals surface area contributed by atoms with Gasteiger partial charge in [-0.05, 0) is 26.7 Å². The number of hydrogen-bond donors (Lipinski definition) is 0. The van der Waals surface area contributed by atoms with E-state index in [1.807, 2.05) is 13.8 Å². The summed E-state index contributed by atoms with van der Waals surface area (Å²) in [4.78, 5) is 0. The fourth-order valence-electron chi connectivity index (χ4n) is 2.46. The Kier molecular flexibility index (Phi) is 10.6. The van der Waals surface area contributed by atoms with Crippen molar-refractivity contribution < 1.29 is 18.9 Å². The van der Waals surface area contributed by atoms with Crippen LogP contribution in [0.25, 0.3) is 0 Å². The van der Waals surface area contributed by atoms with Crippen LogP contribution in [0.3, 0.4) is 0 Å². The molecule has 4 atom stereocenters. The van der Waals surface area contributed by atoms with Gasteiger partial charge in [-0.3, -0.25) is 0 Å².